The Bertz CT molecular complexity index is 608. The van der Waals surface area contributed by atoms with E-state index in [-0.39, 0.29) is 17.7 Å². The maximum Gasteiger partial charge on any atom is 0.230 e. The highest BCUT2D eigenvalue weighted by atomic mass is 16.2. The molecule has 1 atom stereocenters. The van der Waals surface area contributed by atoms with Gasteiger partial charge in [-0.3, -0.25) is 9.59 Å². The molecule has 3 rings (SSSR count). The summed E-state index contributed by atoms with van der Waals surface area (Å²) in [7, 11) is 0. The first-order valence-electron chi connectivity index (χ1n) is 10.1. The summed E-state index contributed by atoms with van der Waals surface area (Å²) in [6.45, 7) is 3.30. The maximum absolute atomic E-state index is 12.6. The number of hydrogen-bond donors (Lipinski definition) is 1. The quantitative estimate of drug-likeness (QED) is 0.868. The van der Waals surface area contributed by atoms with Gasteiger partial charge in [-0.15, -0.1) is 0 Å². The number of piperidine rings is 1. The number of carbonyl (C=O) groups is 2. The summed E-state index contributed by atoms with van der Waals surface area (Å²) < 4.78 is 0. The van der Waals surface area contributed by atoms with Gasteiger partial charge in [0.2, 0.25) is 11.8 Å². The lowest BCUT2D eigenvalue weighted by molar-refractivity contribution is -0.134. The minimum atomic E-state index is -0.134. The third kappa shape index (κ3) is 5.29. The molecular formula is C21H31N3O2. The predicted octanol–water partition coefficient (Wildman–Crippen LogP) is 3.93. The zero-order valence-electron chi connectivity index (χ0n) is 15.9. The molecular weight excluding hydrogens is 326 g/mol. The van der Waals surface area contributed by atoms with E-state index in [0.29, 0.717) is 18.8 Å². The number of aryl methyl sites for hydroxylation is 1. The molecule has 5 nitrogen and oxygen atoms in total. The van der Waals surface area contributed by atoms with Gasteiger partial charge in [-0.1, -0.05) is 38.2 Å². The minimum absolute atomic E-state index is 0.0221. The van der Waals surface area contributed by atoms with Crippen LogP contribution in [0.2, 0.25) is 0 Å². The van der Waals surface area contributed by atoms with Crippen LogP contribution in [0.1, 0.15) is 63.4 Å². The smallest absolute Gasteiger partial charge is 0.230 e. The molecule has 2 amide bonds. The van der Waals surface area contributed by atoms with Crippen molar-refractivity contribution in [1.29, 1.82) is 0 Å². The number of likely N-dealkylation sites (tertiary alicyclic amines) is 1. The van der Waals surface area contributed by atoms with Crippen LogP contribution < -0.4 is 5.32 Å². The van der Waals surface area contributed by atoms with E-state index >= 15 is 0 Å². The fourth-order valence-corrected chi connectivity index (χ4v) is 4.15. The second-order valence-electron chi connectivity index (χ2n) is 7.93. The summed E-state index contributed by atoms with van der Waals surface area (Å²) in [4.78, 5) is 31.3. The molecule has 2 heterocycles. The van der Waals surface area contributed by atoms with Crippen LogP contribution >= 0.6 is 0 Å². The first kappa shape index (κ1) is 18.9. The number of hydrogen-bond acceptors (Lipinski definition) is 3. The van der Waals surface area contributed by atoms with Crippen LogP contribution in [-0.2, 0) is 9.59 Å². The SMILES string of the molecule is Cc1ccc(NC(=O)C2CCCN(C(=O)CCC3CCCCC3)C2)nc1. The Hall–Kier alpha value is -1.91. The molecule has 0 bridgehead atoms. The van der Waals surface area contributed by atoms with E-state index in [1.165, 1.54) is 32.1 Å². The van der Waals surface area contributed by atoms with Crippen LogP contribution in [-0.4, -0.2) is 34.8 Å². The lowest BCUT2D eigenvalue weighted by Crippen LogP contribution is -2.43. The number of amides is 2. The molecule has 1 N–H and O–H groups in total. The van der Waals surface area contributed by atoms with Gasteiger partial charge in [-0.2, -0.15) is 0 Å². The molecule has 1 saturated carbocycles. The second-order valence-corrected chi connectivity index (χ2v) is 7.93. The van der Waals surface area contributed by atoms with Gasteiger partial charge < -0.3 is 10.2 Å². The van der Waals surface area contributed by atoms with Crippen LogP contribution in [0.5, 0.6) is 0 Å². The molecule has 0 radical (unpaired) electrons. The highest BCUT2D eigenvalue weighted by molar-refractivity contribution is 5.92. The zero-order valence-corrected chi connectivity index (χ0v) is 15.9. The molecule has 1 aliphatic carbocycles. The van der Waals surface area contributed by atoms with E-state index in [2.05, 4.69) is 10.3 Å². The molecule has 1 aromatic heterocycles. The van der Waals surface area contributed by atoms with Crippen LogP contribution in [0.4, 0.5) is 5.82 Å². The van der Waals surface area contributed by atoms with Gasteiger partial charge >= 0.3 is 0 Å². The molecule has 142 valence electrons. The number of carbonyl (C=O) groups excluding carboxylic acids is 2. The molecule has 2 fully saturated rings. The number of pyridine rings is 1. The van der Waals surface area contributed by atoms with Gasteiger partial charge in [0, 0.05) is 25.7 Å². The number of rotatable bonds is 5. The van der Waals surface area contributed by atoms with Gasteiger partial charge in [-0.25, -0.2) is 4.98 Å². The second kappa shape index (κ2) is 9.15. The lowest BCUT2D eigenvalue weighted by Gasteiger charge is -2.32. The van der Waals surface area contributed by atoms with E-state index in [1.54, 1.807) is 6.20 Å². The normalized spacial score (nSPS) is 21.4. The number of aromatic nitrogens is 1. The Kier molecular flexibility index (Phi) is 6.64. The van der Waals surface area contributed by atoms with Crippen molar-refractivity contribution >= 4 is 17.6 Å². The van der Waals surface area contributed by atoms with Gasteiger partial charge in [0.15, 0.2) is 0 Å². The van der Waals surface area contributed by atoms with E-state index in [1.807, 2.05) is 24.0 Å². The molecule has 26 heavy (non-hydrogen) atoms. The van der Waals surface area contributed by atoms with Crippen molar-refractivity contribution in [3.63, 3.8) is 0 Å². The molecule has 1 unspecified atom stereocenters. The molecule has 1 aromatic rings. The molecule has 1 saturated heterocycles. The third-order valence-electron chi connectivity index (χ3n) is 5.80. The van der Waals surface area contributed by atoms with Crippen LogP contribution in [0.25, 0.3) is 0 Å². The maximum atomic E-state index is 12.6. The predicted molar refractivity (Wildman–Crippen MR) is 103 cm³/mol. The van der Waals surface area contributed by atoms with Gasteiger partial charge in [0.1, 0.15) is 5.82 Å². The largest absolute Gasteiger partial charge is 0.342 e. The van der Waals surface area contributed by atoms with Gasteiger partial charge in [0.25, 0.3) is 0 Å². The average Bonchev–Trinajstić information content (AvgIpc) is 2.69. The van der Waals surface area contributed by atoms with Crippen molar-refractivity contribution in [1.82, 2.24) is 9.88 Å². The first-order chi connectivity index (χ1) is 12.6. The topological polar surface area (TPSA) is 62.3 Å². The first-order valence-corrected chi connectivity index (χ1v) is 10.1. The van der Waals surface area contributed by atoms with Gasteiger partial charge in [-0.05, 0) is 43.7 Å². The summed E-state index contributed by atoms with van der Waals surface area (Å²) in [5, 5.41) is 2.89. The average molecular weight is 357 g/mol. The van der Waals surface area contributed by atoms with Crippen molar-refractivity contribution in [2.75, 3.05) is 18.4 Å². The van der Waals surface area contributed by atoms with Crippen molar-refractivity contribution in [3.05, 3.63) is 23.9 Å². The molecule has 0 spiro atoms. The molecule has 2 aliphatic rings. The van der Waals surface area contributed by atoms with Crippen LogP contribution in [0.15, 0.2) is 18.3 Å². The molecule has 0 aromatic carbocycles. The van der Waals surface area contributed by atoms with Crippen molar-refractivity contribution < 1.29 is 9.59 Å². The lowest BCUT2D eigenvalue weighted by atomic mass is 9.86. The van der Waals surface area contributed by atoms with Crippen LogP contribution in [0.3, 0.4) is 0 Å². The Morgan fingerprint density at radius 1 is 1.15 bits per heavy atom. The number of nitrogens with one attached hydrogen (secondary N) is 1. The third-order valence-corrected chi connectivity index (χ3v) is 5.80. The Morgan fingerprint density at radius 2 is 1.96 bits per heavy atom. The fourth-order valence-electron chi connectivity index (χ4n) is 4.15. The minimum Gasteiger partial charge on any atom is -0.342 e. The number of nitrogens with zero attached hydrogens (tertiary/aromatic N) is 2. The van der Waals surface area contributed by atoms with E-state index in [4.69, 9.17) is 0 Å². The summed E-state index contributed by atoms with van der Waals surface area (Å²) in [6.07, 6.45) is 11.7. The fraction of sp³-hybridized carbons (Fsp3) is 0.667. The summed E-state index contributed by atoms with van der Waals surface area (Å²) in [5.74, 6) is 1.38. The summed E-state index contributed by atoms with van der Waals surface area (Å²) in [6, 6.07) is 3.76. The Morgan fingerprint density at radius 3 is 2.69 bits per heavy atom. The Balaban J connectivity index is 1.47. The van der Waals surface area contributed by atoms with Crippen molar-refractivity contribution in [2.24, 2.45) is 11.8 Å². The van der Waals surface area contributed by atoms with Crippen molar-refractivity contribution in [3.8, 4) is 0 Å². The highest BCUT2D eigenvalue weighted by Crippen LogP contribution is 2.28. The molecule has 5 heteroatoms. The van der Waals surface area contributed by atoms with Crippen molar-refractivity contribution in [2.45, 2.75) is 64.7 Å². The van der Waals surface area contributed by atoms with E-state index < -0.39 is 0 Å². The standard InChI is InChI=1S/C21H31N3O2/c1-16-9-11-19(22-14-16)23-21(26)18-8-5-13-24(15-18)20(25)12-10-17-6-3-2-4-7-17/h9,11,14,17-18H,2-8,10,12-13,15H2,1H3,(H,22,23,26). The summed E-state index contributed by atoms with van der Waals surface area (Å²) in [5.41, 5.74) is 1.07. The number of anilines is 1. The molecule has 1 aliphatic heterocycles. The van der Waals surface area contributed by atoms with Crippen LogP contribution in [0, 0.1) is 18.8 Å². The van der Waals surface area contributed by atoms with E-state index in [0.717, 1.165) is 37.3 Å². The summed E-state index contributed by atoms with van der Waals surface area (Å²) >= 11 is 0. The Labute approximate surface area is 156 Å². The monoisotopic (exact) mass is 357 g/mol. The zero-order chi connectivity index (χ0) is 18.4. The highest BCUT2D eigenvalue weighted by Gasteiger charge is 2.28. The van der Waals surface area contributed by atoms with E-state index in [9.17, 15) is 9.59 Å². The van der Waals surface area contributed by atoms with Gasteiger partial charge in [0.05, 0.1) is 5.92 Å².